The third-order valence-corrected chi connectivity index (χ3v) is 8.86. The highest BCUT2D eigenvalue weighted by molar-refractivity contribution is 7.80. The van der Waals surface area contributed by atoms with E-state index in [4.69, 9.17) is 11.1 Å². The van der Waals surface area contributed by atoms with E-state index in [-0.39, 0.29) is 0 Å². The molecule has 0 spiro atoms. The maximum absolute atomic E-state index is 6.37. The number of rotatable bonds is 25. The van der Waals surface area contributed by atoms with E-state index in [0.29, 0.717) is 0 Å². The Hall–Kier alpha value is 0.857. The van der Waals surface area contributed by atoms with Crippen LogP contribution in [0, 0.1) is 0 Å². The Bertz CT molecular complexity index is 316. The molecule has 0 rings (SSSR count). The van der Waals surface area contributed by atoms with Crippen LogP contribution in [0.25, 0.3) is 0 Å². The molecule has 0 radical (unpaired) electrons. The number of unbranched alkanes of at least 4 members (excludes halogenated alkanes) is 22. The van der Waals surface area contributed by atoms with Crippen LogP contribution in [0.2, 0.25) is 19.1 Å². The van der Waals surface area contributed by atoms with Crippen LogP contribution in [0.1, 0.15) is 148 Å². The van der Waals surface area contributed by atoms with Gasteiger partial charge in [0.2, 0.25) is 0 Å². The Morgan fingerprint density at radius 3 is 0.800 bits per heavy atom. The number of hydrogen-bond acceptors (Lipinski definition) is 1. The predicted octanol–water partition coefficient (Wildman–Crippen LogP) is 11.3. The third-order valence-electron chi connectivity index (χ3n) is 6.43. The SMILES string of the molecule is C[Si](C)(Cl)CCCCCCCCCCCCCCCCCCCCCCCCCS. The molecule has 3 heteroatoms. The lowest BCUT2D eigenvalue weighted by molar-refractivity contribution is 0.519. The van der Waals surface area contributed by atoms with Crippen molar-refractivity contribution in [2.45, 2.75) is 167 Å². The van der Waals surface area contributed by atoms with E-state index in [9.17, 15) is 0 Å². The Morgan fingerprint density at radius 1 is 0.400 bits per heavy atom. The molecular weight excluding hydrogens is 420 g/mol. The summed E-state index contributed by atoms with van der Waals surface area (Å²) in [6.45, 7) is 4.54. The van der Waals surface area contributed by atoms with Crippen LogP contribution in [-0.4, -0.2) is 13.1 Å². The van der Waals surface area contributed by atoms with Crippen molar-refractivity contribution in [1.82, 2.24) is 0 Å². The maximum Gasteiger partial charge on any atom is 0.150 e. The van der Waals surface area contributed by atoms with E-state index >= 15 is 0 Å². The smallest absolute Gasteiger partial charge is 0.150 e. The van der Waals surface area contributed by atoms with Gasteiger partial charge >= 0.3 is 0 Å². The molecule has 0 bridgehead atoms. The van der Waals surface area contributed by atoms with Crippen LogP contribution in [0.5, 0.6) is 0 Å². The summed E-state index contributed by atoms with van der Waals surface area (Å²) in [7, 11) is -1.31. The summed E-state index contributed by atoms with van der Waals surface area (Å²) in [6, 6.07) is 1.30. The molecule has 0 aliphatic heterocycles. The van der Waals surface area contributed by atoms with E-state index < -0.39 is 7.38 Å². The molecule has 0 aliphatic carbocycles. The molecule has 182 valence electrons. The van der Waals surface area contributed by atoms with Crippen LogP contribution in [-0.2, 0) is 0 Å². The van der Waals surface area contributed by atoms with E-state index in [1.807, 2.05) is 0 Å². The van der Waals surface area contributed by atoms with Crippen LogP contribution < -0.4 is 0 Å². The lowest BCUT2D eigenvalue weighted by Crippen LogP contribution is -2.14. The first kappa shape index (κ1) is 30.9. The van der Waals surface area contributed by atoms with Gasteiger partial charge in [-0.15, -0.1) is 0 Å². The topological polar surface area (TPSA) is 0 Å². The molecule has 0 aromatic carbocycles. The third kappa shape index (κ3) is 28.9. The van der Waals surface area contributed by atoms with Crippen LogP contribution >= 0.6 is 23.7 Å². The maximum atomic E-state index is 6.37. The summed E-state index contributed by atoms with van der Waals surface area (Å²) in [4.78, 5) is 0. The van der Waals surface area contributed by atoms with Crippen molar-refractivity contribution in [1.29, 1.82) is 0 Å². The van der Waals surface area contributed by atoms with Gasteiger partial charge in [0, 0.05) is 0 Å². The molecule has 0 amide bonds. The molecule has 0 nitrogen and oxygen atoms in total. The average molecular weight is 477 g/mol. The summed E-state index contributed by atoms with van der Waals surface area (Å²) < 4.78 is 0. The second-order valence-electron chi connectivity index (χ2n) is 10.3. The molecule has 0 fully saturated rings. The van der Waals surface area contributed by atoms with Gasteiger partial charge in [-0.1, -0.05) is 154 Å². The van der Waals surface area contributed by atoms with E-state index in [0.717, 1.165) is 5.75 Å². The molecule has 0 aromatic rings. The summed E-state index contributed by atoms with van der Waals surface area (Å²) >= 11 is 10.6. The Labute approximate surface area is 203 Å². The van der Waals surface area contributed by atoms with E-state index in [1.54, 1.807) is 0 Å². The van der Waals surface area contributed by atoms with Gasteiger partial charge in [-0.2, -0.15) is 23.7 Å². The molecule has 0 atom stereocenters. The highest BCUT2D eigenvalue weighted by Crippen LogP contribution is 2.20. The number of thiol groups is 1. The van der Waals surface area contributed by atoms with Gasteiger partial charge in [0.25, 0.3) is 0 Å². The molecular formula is C27H57ClSSi. The standard InChI is InChI=1S/C27H57ClSSi/c1-30(2,28)27-25-23-21-19-17-15-13-11-9-7-5-3-4-6-8-10-12-14-16-18-20-22-24-26-29/h29H,3-27H2,1-2H3. The summed E-state index contributed by atoms with van der Waals surface area (Å²) in [5, 5.41) is 0. The monoisotopic (exact) mass is 476 g/mol. The molecule has 0 aromatic heterocycles. The highest BCUT2D eigenvalue weighted by Gasteiger charge is 2.15. The fourth-order valence-electron chi connectivity index (χ4n) is 4.37. The molecule has 0 N–H and O–H groups in total. The zero-order valence-electron chi connectivity index (χ0n) is 21.0. The molecule has 0 saturated carbocycles. The average Bonchev–Trinajstić information content (AvgIpc) is 2.70. The Kier molecular flexibility index (Phi) is 25.2. The van der Waals surface area contributed by atoms with Crippen molar-refractivity contribution in [2.75, 3.05) is 5.75 Å². The quantitative estimate of drug-likeness (QED) is 0.0575. The van der Waals surface area contributed by atoms with Crippen molar-refractivity contribution in [3.05, 3.63) is 0 Å². The molecule has 0 aliphatic rings. The second-order valence-corrected chi connectivity index (χ2v) is 17.8. The summed E-state index contributed by atoms with van der Waals surface area (Å²) in [5.74, 6) is 1.07. The van der Waals surface area contributed by atoms with Crippen LogP contribution in [0.3, 0.4) is 0 Å². The van der Waals surface area contributed by atoms with Gasteiger partial charge in [0.15, 0.2) is 0 Å². The Morgan fingerprint density at radius 2 is 0.600 bits per heavy atom. The first-order valence-corrected chi connectivity index (χ1v) is 18.7. The lowest BCUT2D eigenvalue weighted by atomic mass is 10.0. The summed E-state index contributed by atoms with van der Waals surface area (Å²) in [6.07, 6.45) is 33.3. The van der Waals surface area contributed by atoms with Crippen molar-refractivity contribution in [3.8, 4) is 0 Å². The molecule has 0 unspecified atom stereocenters. The van der Waals surface area contributed by atoms with Gasteiger partial charge < -0.3 is 0 Å². The minimum absolute atomic E-state index is 1.07. The molecule has 30 heavy (non-hydrogen) atoms. The lowest BCUT2D eigenvalue weighted by Gasteiger charge is -2.11. The highest BCUT2D eigenvalue weighted by atomic mass is 35.6. The first-order valence-electron chi connectivity index (χ1n) is 13.9. The molecule has 0 saturated heterocycles. The van der Waals surface area contributed by atoms with Gasteiger partial charge in [-0.05, 0) is 18.2 Å². The Balaban J connectivity index is 3.02. The van der Waals surface area contributed by atoms with Crippen LogP contribution in [0.4, 0.5) is 0 Å². The second kappa shape index (κ2) is 24.5. The van der Waals surface area contributed by atoms with Crippen LogP contribution in [0.15, 0.2) is 0 Å². The van der Waals surface area contributed by atoms with Gasteiger partial charge in [-0.3, -0.25) is 0 Å². The summed E-state index contributed by atoms with van der Waals surface area (Å²) in [5.41, 5.74) is 0. The van der Waals surface area contributed by atoms with E-state index in [2.05, 4.69) is 25.7 Å². The van der Waals surface area contributed by atoms with Crippen molar-refractivity contribution < 1.29 is 0 Å². The number of hydrogen-bond donors (Lipinski definition) is 1. The zero-order chi connectivity index (χ0) is 22.2. The van der Waals surface area contributed by atoms with Gasteiger partial charge in [-0.25, -0.2) is 0 Å². The first-order chi connectivity index (χ1) is 14.6. The van der Waals surface area contributed by atoms with E-state index in [1.165, 1.54) is 154 Å². The number of halogens is 1. The largest absolute Gasteiger partial charge is 0.179 e. The van der Waals surface area contributed by atoms with Crippen molar-refractivity contribution in [2.24, 2.45) is 0 Å². The normalized spacial score (nSPS) is 12.0. The van der Waals surface area contributed by atoms with Gasteiger partial charge in [0.05, 0.1) is 0 Å². The predicted molar refractivity (Wildman–Crippen MR) is 148 cm³/mol. The van der Waals surface area contributed by atoms with Crippen molar-refractivity contribution >= 4 is 31.1 Å². The van der Waals surface area contributed by atoms with Gasteiger partial charge in [0.1, 0.15) is 7.38 Å². The minimum Gasteiger partial charge on any atom is -0.179 e. The minimum atomic E-state index is -1.31. The fraction of sp³-hybridized carbons (Fsp3) is 1.00. The fourth-order valence-corrected chi connectivity index (χ4v) is 6.08. The molecule has 0 heterocycles. The zero-order valence-corrected chi connectivity index (χ0v) is 23.7. The van der Waals surface area contributed by atoms with Crippen molar-refractivity contribution in [3.63, 3.8) is 0 Å².